The zero-order valence-electron chi connectivity index (χ0n) is 17.3. The SMILES string of the molecule is COc1ccc(S(=O)(=O)N2CCCCCC2)cc1NC(=O)c1ccc(OC(F)(F)F)cc1. The van der Waals surface area contributed by atoms with Gasteiger partial charge in [0.05, 0.1) is 17.7 Å². The van der Waals surface area contributed by atoms with Crippen molar-refractivity contribution in [2.45, 2.75) is 36.9 Å². The molecular weight excluding hydrogens is 449 g/mol. The first kappa shape index (κ1) is 23.9. The predicted molar refractivity (Wildman–Crippen MR) is 111 cm³/mol. The summed E-state index contributed by atoms with van der Waals surface area (Å²) >= 11 is 0. The van der Waals surface area contributed by atoms with Crippen LogP contribution in [0.15, 0.2) is 47.4 Å². The summed E-state index contributed by atoms with van der Waals surface area (Å²) in [6, 6.07) is 8.54. The van der Waals surface area contributed by atoms with Gasteiger partial charge >= 0.3 is 6.36 Å². The Bertz CT molecular complexity index is 1050. The molecule has 0 atom stereocenters. The minimum Gasteiger partial charge on any atom is -0.495 e. The molecular formula is C21H23F3N2O5S. The second kappa shape index (κ2) is 9.78. The molecule has 0 unspecified atom stereocenters. The van der Waals surface area contributed by atoms with Crippen LogP contribution in [0.25, 0.3) is 0 Å². The molecule has 1 saturated heterocycles. The summed E-state index contributed by atoms with van der Waals surface area (Å²) in [5.74, 6) is -0.867. The van der Waals surface area contributed by atoms with Gasteiger partial charge in [0.25, 0.3) is 5.91 Å². The lowest BCUT2D eigenvalue weighted by molar-refractivity contribution is -0.274. The van der Waals surface area contributed by atoms with E-state index in [4.69, 9.17) is 4.74 Å². The quantitative estimate of drug-likeness (QED) is 0.673. The normalized spacial score (nSPS) is 15.6. The van der Waals surface area contributed by atoms with Crippen molar-refractivity contribution in [3.63, 3.8) is 0 Å². The second-order valence-electron chi connectivity index (χ2n) is 7.21. The standard InChI is InChI=1S/C21H23F3N2O5S/c1-30-19-11-10-17(32(28,29)26-12-4-2-3-5-13-26)14-18(19)25-20(27)15-6-8-16(9-7-15)31-21(22,23)24/h6-11,14H,2-5,12-13H2,1H3,(H,25,27). The Morgan fingerprint density at radius 3 is 2.19 bits per heavy atom. The molecule has 1 heterocycles. The Labute approximate surface area is 184 Å². The smallest absolute Gasteiger partial charge is 0.495 e. The van der Waals surface area contributed by atoms with Gasteiger partial charge in [0, 0.05) is 18.7 Å². The number of ether oxygens (including phenoxy) is 2. The molecule has 0 spiro atoms. The highest BCUT2D eigenvalue weighted by molar-refractivity contribution is 7.89. The van der Waals surface area contributed by atoms with Crippen LogP contribution in [-0.2, 0) is 10.0 Å². The molecule has 2 aromatic carbocycles. The lowest BCUT2D eigenvalue weighted by atomic mass is 10.2. The zero-order chi connectivity index (χ0) is 23.4. The molecule has 0 aromatic heterocycles. The maximum Gasteiger partial charge on any atom is 0.573 e. The van der Waals surface area contributed by atoms with E-state index in [9.17, 15) is 26.4 Å². The number of nitrogens with one attached hydrogen (secondary N) is 1. The van der Waals surface area contributed by atoms with Gasteiger partial charge in [-0.25, -0.2) is 8.42 Å². The highest BCUT2D eigenvalue weighted by Gasteiger charge is 2.31. The number of hydrogen-bond acceptors (Lipinski definition) is 5. The molecule has 0 saturated carbocycles. The largest absolute Gasteiger partial charge is 0.573 e. The lowest BCUT2D eigenvalue weighted by Crippen LogP contribution is -2.32. The van der Waals surface area contributed by atoms with Crippen molar-refractivity contribution in [1.29, 1.82) is 0 Å². The lowest BCUT2D eigenvalue weighted by Gasteiger charge is -2.21. The second-order valence-corrected chi connectivity index (χ2v) is 9.14. The summed E-state index contributed by atoms with van der Waals surface area (Å²) in [4.78, 5) is 12.6. The van der Waals surface area contributed by atoms with Crippen molar-refractivity contribution < 1.29 is 35.9 Å². The maximum absolute atomic E-state index is 13.1. The third-order valence-electron chi connectivity index (χ3n) is 4.97. The van der Waals surface area contributed by atoms with Gasteiger partial charge in [-0.15, -0.1) is 13.2 Å². The number of amides is 1. The van der Waals surface area contributed by atoms with Crippen molar-refractivity contribution in [1.82, 2.24) is 4.31 Å². The zero-order valence-corrected chi connectivity index (χ0v) is 18.1. The number of sulfonamides is 1. The number of anilines is 1. The molecule has 2 aromatic rings. The van der Waals surface area contributed by atoms with Gasteiger partial charge < -0.3 is 14.8 Å². The van der Waals surface area contributed by atoms with Crippen LogP contribution in [0.4, 0.5) is 18.9 Å². The molecule has 1 aliphatic rings. The average Bonchev–Trinajstić information content (AvgIpc) is 3.03. The predicted octanol–water partition coefficient (Wildman–Crippen LogP) is 4.41. The van der Waals surface area contributed by atoms with Crippen LogP contribution >= 0.6 is 0 Å². The summed E-state index contributed by atoms with van der Waals surface area (Å²) in [6.45, 7) is 0.866. The van der Waals surface area contributed by atoms with Crippen molar-refractivity contribution in [3.05, 3.63) is 48.0 Å². The van der Waals surface area contributed by atoms with Crippen LogP contribution in [-0.4, -0.2) is 45.2 Å². The third-order valence-corrected chi connectivity index (χ3v) is 6.87. The minimum atomic E-state index is -4.84. The van der Waals surface area contributed by atoms with Crippen molar-refractivity contribution >= 4 is 21.6 Å². The van der Waals surface area contributed by atoms with Gasteiger partial charge in [0.1, 0.15) is 11.5 Å². The van der Waals surface area contributed by atoms with Gasteiger partial charge in [-0.2, -0.15) is 4.31 Å². The summed E-state index contributed by atoms with van der Waals surface area (Å²) in [5.41, 5.74) is 0.186. The van der Waals surface area contributed by atoms with Gasteiger partial charge in [0.15, 0.2) is 0 Å². The first-order valence-corrected chi connectivity index (χ1v) is 11.4. The van der Waals surface area contributed by atoms with Gasteiger partial charge in [0.2, 0.25) is 10.0 Å². The fourth-order valence-corrected chi connectivity index (χ4v) is 4.92. The van der Waals surface area contributed by atoms with E-state index >= 15 is 0 Å². The van der Waals surface area contributed by atoms with E-state index in [1.807, 2.05) is 0 Å². The molecule has 0 aliphatic carbocycles. The van der Waals surface area contributed by atoms with Gasteiger partial charge in [-0.1, -0.05) is 12.8 Å². The summed E-state index contributed by atoms with van der Waals surface area (Å²) in [6.07, 6.45) is -1.32. The van der Waals surface area contributed by atoms with Crippen LogP contribution < -0.4 is 14.8 Å². The fraction of sp³-hybridized carbons (Fsp3) is 0.381. The van der Waals surface area contributed by atoms with Crippen LogP contribution in [0.3, 0.4) is 0 Å². The molecule has 3 rings (SSSR count). The Morgan fingerprint density at radius 1 is 1.00 bits per heavy atom. The number of carbonyl (C=O) groups is 1. The van der Waals surface area contributed by atoms with E-state index in [0.29, 0.717) is 13.1 Å². The molecule has 32 heavy (non-hydrogen) atoms. The van der Waals surface area contributed by atoms with E-state index < -0.39 is 28.0 Å². The highest BCUT2D eigenvalue weighted by atomic mass is 32.2. The third kappa shape index (κ3) is 5.92. The molecule has 11 heteroatoms. The molecule has 0 bridgehead atoms. The van der Waals surface area contributed by atoms with Gasteiger partial charge in [-0.3, -0.25) is 4.79 Å². The first-order chi connectivity index (χ1) is 15.1. The van der Waals surface area contributed by atoms with Crippen molar-refractivity contribution in [2.75, 3.05) is 25.5 Å². The Kier molecular flexibility index (Phi) is 7.29. The number of hydrogen-bond donors (Lipinski definition) is 1. The highest BCUT2D eigenvalue weighted by Crippen LogP contribution is 2.30. The topological polar surface area (TPSA) is 84.9 Å². The van der Waals surface area contributed by atoms with Crippen LogP contribution in [0.5, 0.6) is 11.5 Å². The maximum atomic E-state index is 13.1. The van der Waals surface area contributed by atoms with E-state index in [1.165, 1.54) is 41.7 Å². The summed E-state index contributed by atoms with van der Waals surface area (Å²) in [7, 11) is -2.38. The molecule has 1 N–H and O–H groups in total. The number of halogens is 3. The summed E-state index contributed by atoms with van der Waals surface area (Å²) in [5, 5.41) is 2.56. The number of methoxy groups -OCH3 is 1. The molecule has 1 aliphatic heterocycles. The Balaban J connectivity index is 1.82. The van der Waals surface area contributed by atoms with E-state index in [0.717, 1.165) is 37.8 Å². The summed E-state index contributed by atoms with van der Waals surface area (Å²) < 4.78 is 73.5. The van der Waals surface area contributed by atoms with Gasteiger partial charge in [-0.05, 0) is 55.3 Å². The number of nitrogens with zero attached hydrogens (tertiary/aromatic N) is 1. The Hall–Kier alpha value is -2.79. The number of benzene rings is 2. The number of rotatable bonds is 6. The molecule has 1 fully saturated rings. The molecule has 7 nitrogen and oxygen atoms in total. The first-order valence-electron chi connectivity index (χ1n) is 9.95. The number of carbonyl (C=O) groups excluding carboxylic acids is 1. The molecule has 0 radical (unpaired) electrons. The van der Waals surface area contributed by atoms with Crippen LogP contribution in [0, 0.1) is 0 Å². The Morgan fingerprint density at radius 2 is 1.62 bits per heavy atom. The monoisotopic (exact) mass is 472 g/mol. The van der Waals surface area contributed by atoms with Crippen molar-refractivity contribution in [2.24, 2.45) is 0 Å². The fourth-order valence-electron chi connectivity index (χ4n) is 3.38. The van der Waals surface area contributed by atoms with E-state index in [1.54, 1.807) is 0 Å². The molecule has 174 valence electrons. The average molecular weight is 472 g/mol. The van der Waals surface area contributed by atoms with Crippen LogP contribution in [0.1, 0.15) is 36.0 Å². The molecule has 1 amide bonds. The minimum absolute atomic E-state index is 0.0180. The van der Waals surface area contributed by atoms with E-state index in [-0.39, 0.29) is 21.9 Å². The van der Waals surface area contributed by atoms with Crippen molar-refractivity contribution in [3.8, 4) is 11.5 Å². The number of alkyl halides is 3. The van der Waals surface area contributed by atoms with Crippen LogP contribution in [0.2, 0.25) is 0 Å². The van der Waals surface area contributed by atoms with E-state index in [2.05, 4.69) is 10.1 Å².